The monoisotopic (exact) mass is 241 g/mol. The predicted octanol–water partition coefficient (Wildman–Crippen LogP) is 2.76. The highest BCUT2D eigenvalue weighted by molar-refractivity contribution is 5.88. The lowest BCUT2D eigenvalue weighted by Crippen LogP contribution is -2.40. The molecule has 1 aliphatic rings. The summed E-state index contributed by atoms with van der Waals surface area (Å²) < 4.78 is 5.31. The number of carbonyl (C=O) groups is 2. The molecule has 0 radical (unpaired) electrons. The number of amides is 1. The van der Waals surface area contributed by atoms with E-state index in [9.17, 15) is 9.59 Å². The second kappa shape index (κ2) is 5.52. The lowest BCUT2D eigenvalue weighted by molar-refractivity contribution is -0.117. The molecule has 4 heteroatoms. The van der Waals surface area contributed by atoms with E-state index < -0.39 is 5.60 Å². The Bertz CT molecular complexity index is 294. The topological polar surface area (TPSA) is 46.6 Å². The Hall–Kier alpha value is -1.06. The zero-order valence-electron chi connectivity index (χ0n) is 11.3. The standard InChI is InChI=1S/C13H23NO3/c1-5-6-7-10-8-11(15)9-14(10)12(16)17-13(2,3)4/h10H,5-9H2,1-4H3/t10-/m0/s1. The molecule has 1 heterocycles. The first kappa shape index (κ1) is 14.0. The zero-order valence-corrected chi connectivity index (χ0v) is 11.3. The number of carbonyl (C=O) groups excluding carboxylic acids is 2. The number of unbranched alkanes of at least 4 members (excludes halogenated alkanes) is 1. The molecular weight excluding hydrogens is 218 g/mol. The summed E-state index contributed by atoms with van der Waals surface area (Å²) in [7, 11) is 0. The molecule has 0 aromatic rings. The van der Waals surface area contributed by atoms with E-state index in [2.05, 4.69) is 6.92 Å². The van der Waals surface area contributed by atoms with Crippen LogP contribution in [0.4, 0.5) is 4.79 Å². The van der Waals surface area contributed by atoms with E-state index in [1.165, 1.54) is 0 Å². The van der Waals surface area contributed by atoms with Gasteiger partial charge in [0.05, 0.1) is 6.54 Å². The number of nitrogens with zero attached hydrogens (tertiary/aromatic N) is 1. The normalized spacial score (nSPS) is 20.8. The molecule has 0 spiro atoms. The van der Waals surface area contributed by atoms with Crippen LogP contribution in [0.5, 0.6) is 0 Å². The summed E-state index contributed by atoms with van der Waals surface area (Å²) in [6, 6.07) is 0.0392. The van der Waals surface area contributed by atoms with Gasteiger partial charge in [0.2, 0.25) is 0 Å². The number of hydrogen-bond donors (Lipinski definition) is 0. The van der Waals surface area contributed by atoms with Crippen LogP contribution in [0.2, 0.25) is 0 Å². The van der Waals surface area contributed by atoms with Crippen molar-refractivity contribution in [3.8, 4) is 0 Å². The third-order valence-corrected chi connectivity index (χ3v) is 2.77. The van der Waals surface area contributed by atoms with Crippen molar-refractivity contribution in [1.29, 1.82) is 0 Å². The summed E-state index contributed by atoms with van der Waals surface area (Å²) in [4.78, 5) is 25.0. The summed E-state index contributed by atoms with van der Waals surface area (Å²) in [6.07, 6.45) is 3.13. The molecule has 4 nitrogen and oxygen atoms in total. The Morgan fingerprint density at radius 2 is 2.12 bits per heavy atom. The van der Waals surface area contributed by atoms with Gasteiger partial charge in [0, 0.05) is 12.5 Å². The van der Waals surface area contributed by atoms with Crippen molar-refractivity contribution in [2.24, 2.45) is 0 Å². The van der Waals surface area contributed by atoms with Crippen LogP contribution in [0, 0.1) is 0 Å². The third kappa shape index (κ3) is 4.36. The van der Waals surface area contributed by atoms with Gasteiger partial charge in [0.1, 0.15) is 5.60 Å². The maximum absolute atomic E-state index is 11.9. The Kier molecular flexibility index (Phi) is 4.54. The number of Topliss-reactive ketones (excluding diaryl/α,β-unsaturated/α-hetero) is 1. The lowest BCUT2D eigenvalue weighted by atomic mass is 10.1. The third-order valence-electron chi connectivity index (χ3n) is 2.77. The summed E-state index contributed by atoms with van der Waals surface area (Å²) in [5.74, 6) is 0.136. The van der Waals surface area contributed by atoms with Crippen LogP contribution in [0.3, 0.4) is 0 Å². The summed E-state index contributed by atoms with van der Waals surface area (Å²) >= 11 is 0. The first-order chi connectivity index (χ1) is 7.83. The van der Waals surface area contributed by atoms with Crippen molar-refractivity contribution in [3.63, 3.8) is 0 Å². The average Bonchev–Trinajstić information content (AvgIpc) is 2.54. The van der Waals surface area contributed by atoms with E-state index >= 15 is 0 Å². The van der Waals surface area contributed by atoms with Crippen LogP contribution >= 0.6 is 0 Å². The number of ether oxygens (including phenoxy) is 1. The number of ketones is 1. The van der Waals surface area contributed by atoms with Crippen molar-refractivity contribution < 1.29 is 14.3 Å². The Morgan fingerprint density at radius 3 is 2.65 bits per heavy atom. The fourth-order valence-corrected chi connectivity index (χ4v) is 1.99. The second-order valence-corrected chi connectivity index (χ2v) is 5.65. The van der Waals surface area contributed by atoms with Crippen LogP contribution in [0.25, 0.3) is 0 Å². The maximum Gasteiger partial charge on any atom is 0.410 e. The minimum Gasteiger partial charge on any atom is -0.444 e. The van der Waals surface area contributed by atoms with Crippen LogP contribution in [0.15, 0.2) is 0 Å². The second-order valence-electron chi connectivity index (χ2n) is 5.65. The van der Waals surface area contributed by atoms with Crippen molar-refractivity contribution in [1.82, 2.24) is 4.90 Å². The quantitative estimate of drug-likeness (QED) is 0.763. The van der Waals surface area contributed by atoms with E-state index in [1.807, 2.05) is 20.8 Å². The van der Waals surface area contributed by atoms with Gasteiger partial charge in [-0.25, -0.2) is 4.79 Å². The smallest absolute Gasteiger partial charge is 0.410 e. The zero-order chi connectivity index (χ0) is 13.1. The largest absolute Gasteiger partial charge is 0.444 e. The molecule has 1 rings (SSSR count). The van der Waals surface area contributed by atoms with Gasteiger partial charge in [-0.15, -0.1) is 0 Å². The molecule has 17 heavy (non-hydrogen) atoms. The molecule has 1 fully saturated rings. The van der Waals surface area contributed by atoms with Gasteiger partial charge in [-0.2, -0.15) is 0 Å². The van der Waals surface area contributed by atoms with Gasteiger partial charge in [-0.3, -0.25) is 9.69 Å². The predicted molar refractivity (Wildman–Crippen MR) is 65.9 cm³/mol. The number of likely N-dealkylation sites (tertiary alicyclic amines) is 1. The minimum absolute atomic E-state index is 0.0392. The van der Waals surface area contributed by atoms with Crippen molar-refractivity contribution in [3.05, 3.63) is 0 Å². The first-order valence-electron chi connectivity index (χ1n) is 6.35. The lowest BCUT2D eigenvalue weighted by Gasteiger charge is -2.27. The van der Waals surface area contributed by atoms with Gasteiger partial charge >= 0.3 is 6.09 Å². The van der Waals surface area contributed by atoms with E-state index in [4.69, 9.17) is 4.74 Å². The van der Waals surface area contributed by atoms with Crippen molar-refractivity contribution in [2.45, 2.75) is 65.0 Å². The Labute approximate surface area is 103 Å². The van der Waals surface area contributed by atoms with Gasteiger partial charge in [-0.05, 0) is 27.2 Å². The van der Waals surface area contributed by atoms with Crippen LogP contribution in [-0.2, 0) is 9.53 Å². The van der Waals surface area contributed by atoms with Crippen molar-refractivity contribution in [2.75, 3.05) is 6.54 Å². The summed E-state index contributed by atoms with van der Waals surface area (Å²) in [5.41, 5.74) is -0.502. The van der Waals surface area contributed by atoms with Gasteiger partial charge in [0.15, 0.2) is 5.78 Å². The Morgan fingerprint density at radius 1 is 1.47 bits per heavy atom. The molecule has 0 unspecified atom stereocenters. The van der Waals surface area contributed by atoms with Gasteiger partial charge in [0.25, 0.3) is 0 Å². The molecule has 1 atom stereocenters. The van der Waals surface area contributed by atoms with Gasteiger partial charge in [-0.1, -0.05) is 19.8 Å². The van der Waals surface area contributed by atoms with Crippen molar-refractivity contribution >= 4 is 11.9 Å². The molecule has 0 saturated carbocycles. The molecule has 0 aromatic heterocycles. The SMILES string of the molecule is CCCC[C@H]1CC(=O)CN1C(=O)OC(C)(C)C. The van der Waals surface area contributed by atoms with Crippen LogP contribution < -0.4 is 0 Å². The highest BCUT2D eigenvalue weighted by Gasteiger charge is 2.35. The molecule has 0 aromatic carbocycles. The van der Waals surface area contributed by atoms with E-state index in [1.54, 1.807) is 4.90 Å². The molecule has 1 aliphatic heterocycles. The molecular formula is C13H23NO3. The first-order valence-corrected chi connectivity index (χ1v) is 6.35. The summed E-state index contributed by atoms with van der Waals surface area (Å²) in [6.45, 7) is 7.83. The number of hydrogen-bond acceptors (Lipinski definition) is 3. The molecule has 98 valence electrons. The number of rotatable bonds is 3. The highest BCUT2D eigenvalue weighted by Crippen LogP contribution is 2.22. The Balaban J connectivity index is 2.60. The fourth-order valence-electron chi connectivity index (χ4n) is 1.99. The summed E-state index contributed by atoms with van der Waals surface area (Å²) in [5, 5.41) is 0. The molecule has 1 amide bonds. The maximum atomic E-state index is 11.9. The van der Waals surface area contributed by atoms with Crippen LogP contribution in [0.1, 0.15) is 53.4 Å². The fraction of sp³-hybridized carbons (Fsp3) is 0.846. The molecule has 1 saturated heterocycles. The van der Waals surface area contributed by atoms with Gasteiger partial charge < -0.3 is 4.74 Å². The molecule has 0 aliphatic carbocycles. The molecule has 0 bridgehead atoms. The minimum atomic E-state index is -0.502. The van der Waals surface area contributed by atoms with E-state index in [0.29, 0.717) is 6.42 Å². The van der Waals surface area contributed by atoms with Crippen LogP contribution in [-0.4, -0.2) is 35.0 Å². The van der Waals surface area contributed by atoms with E-state index in [-0.39, 0.29) is 24.5 Å². The van der Waals surface area contributed by atoms with E-state index in [0.717, 1.165) is 19.3 Å². The molecule has 0 N–H and O–H groups in total. The highest BCUT2D eigenvalue weighted by atomic mass is 16.6. The average molecular weight is 241 g/mol.